The number of hydrogen-bond acceptors (Lipinski definition) is 8. The zero-order valence-electron chi connectivity index (χ0n) is 23.6. The van der Waals surface area contributed by atoms with E-state index in [1.54, 1.807) is 49.4 Å². The molecule has 12 heteroatoms. The highest BCUT2D eigenvalue weighted by Gasteiger charge is 2.44. The minimum absolute atomic E-state index is 0.0898. The molecule has 4 rings (SSSR count). The van der Waals surface area contributed by atoms with Gasteiger partial charge in [-0.25, -0.2) is 4.79 Å². The molecular weight excluding hydrogens is 566 g/mol. The maximum atomic E-state index is 13.7. The molecule has 2 aliphatic rings. The number of piperazine rings is 1. The van der Waals surface area contributed by atoms with Crippen molar-refractivity contribution in [1.29, 1.82) is 0 Å². The van der Waals surface area contributed by atoms with Crippen LogP contribution in [0.2, 0.25) is 5.02 Å². The third-order valence-corrected chi connectivity index (χ3v) is 7.95. The largest absolute Gasteiger partial charge is 0.495 e. The SMILES string of the molecule is CCOC(=O)c1ccc(NC(=O)C[C@H]2C(=O)N(c3ccc(OC)c(Cl)c3)C(=S)N2CCCN2CCN(C)CC2)cc1. The molecule has 0 aromatic heterocycles. The highest BCUT2D eigenvalue weighted by atomic mass is 35.5. The van der Waals surface area contributed by atoms with Gasteiger partial charge in [-0.05, 0) is 81.6 Å². The predicted octanol–water partition coefficient (Wildman–Crippen LogP) is 3.49. The number of carbonyl (C=O) groups excluding carboxylic acids is 3. The fourth-order valence-electron chi connectivity index (χ4n) is 4.95. The van der Waals surface area contributed by atoms with Crippen molar-refractivity contribution < 1.29 is 23.9 Å². The van der Waals surface area contributed by atoms with Gasteiger partial charge in [0.2, 0.25) is 5.91 Å². The molecule has 0 bridgehead atoms. The lowest BCUT2D eigenvalue weighted by Crippen LogP contribution is -2.45. The van der Waals surface area contributed by atoms with Gasteiger partial charge < -0.3 is 29.5 Å². The van der Waals surface area contributed by atoms with Crippen molar-refractivity contribution in [3.63, 3.8) is 0 Å². The van der Waals surface area contributed by atoms with E-state index in [4.69, 9.17) is 33.3 Å². The molecule has 2 amide bonds. The van der Waals surface area contributed by atoms with Crippen molar-refractivity contribution in [2.75, 3.05) is 70.2 Å². The number of likely N-dealkylation sites (N-methyl/N-ethyl adjacent to an activating group) is 1. The first-order chi connectivity index (χ1) is 19.7. The Balaban J connectivity index is 1.47. The summed E-state index contributed by atoms with van der Waals surface area (Å²) in [7, 11) is 3.64. The summed E-state index contributed by atoms with van der Waals surface area (Å²) in [5.41, 5.74) is 1.42. The van der Waals surface area contributed by atoms with E-state index >= 15 is 0 Å². The molecule has 1 atom stereocenters. The van der Waals surface area contributed by atoms with Crippen molar-refractivity contribution >= 4 is 58.1 Å². The van der Waals surface area contributed by atoms with Gasteiger partial charge in [0.15, 0.2) is 5.11 Å². The van der Waals surface area contributed by atoms with Gasteiger partial charge in [-0.15, -0.1) is 0 Å². The number of amides is 2. The number of nitrogens with one attached hydrogen (secondary N) is 1. The van der Waals surface area contributed by atoms with E-state index in [1.165, 1.54) is 12.0 Å². The zero-order valence-corrected chi connectivity index (χ0v) is 25.2. The van der Waals surface area contributed by atoms with Gasteiger partial charge in [-0.2, -0.15) is 0 Å². The predicted molar refractivity (Wildman–Crippen MR) is 163 cm³/mol. The van der Waals surface area contributed by atoms with Crippen LogP contribution in [0.4, 0.5) is 11.4 Å². The summed E-state index contributed by atoms with van der Waals surface area (Å²) in [6, 6.07) is 10.7. The van der Waals surface area contributed by atoms with Gasteiger partial charge in [-0.3, -0.25) is 14.5 Å². The summed E-state index contributed by atoms with van der Waals surface area (Å²) >= 11 is 12.1. The number of hydrogen-bond donors (Lipinski definition) is 1. The van der Waals surface area contributed by atoms with E-state index < -0.39 is 12.0 Å². The molecule has 220 valence electrons. The van der Waals surface area contributed by atoms with Gasteiger partial charge in [-0.1, -0.05) is 11.6 Å². The molecule has 0 saturated carbocycles. The topological polar surface area (TPSA) is 94.7 Å². The molecule has 0 spiro atoms. The summed E-state index contributed by atoms with van der Waals surface area (Å²) in [5, 5.41) is 3.53. The molecular formula is C29H36ClN5O5S. The molecule has 2 saturated heterocycles. The number of carbonyl (C=O) groups is 3. The Morgan fingerprint density at radius 3 is 2.41 bits per heavy atom. The van der Waals surface area contributed by atoms with Crippen molar-refractivity contribution in [1.82, 2.24) is 14.7 Å². The summed E-state index contributed by atoms with van der Waals surface area (Å²) in [5.74, 6) is -0.569. The van der Waals surface area contributed by atoms with Crippen LogP contribution in [0, 0.1) is 0 Å². The van der Waals surface area contributed by atoms with Crippen molar-refractivity contribution in [3.05, 3.63) is 53.1 Å². The number of esters is 1. The van der Waals surface area contributed by atoms with Gasteiger partial charge in [0, 0.05) is 38.4 Å². The molecule has 41 heavy (non-hydrogen) atoms. The Kier molecular flexibility index (Phi) is 10.5. The number of ether oxygens (including phenoxy) is 2. The summed E-state index contributed by atoms with van der Waals surface area (Å²) < 4.78 is 10.3. The third-order valence-electron chi connectivity index (χ3n) is 7.24. The van der Waals surface area contributed by atoms with E-state index in [1.807, 2.05) is 4.90 Å². The number of benzene rings is 2. The molecule has 2 fully saturated rings. The lowest BCUT2D eigenvalue weighted by atomic mass is 10.1. The van der Waals surface area contributed by atoms with Crippen molar-refractivity contribution in [2.45, 2.75) is 25.8 Å². The van der Waals surface area contributed by atoms with E-state index in [-0.39, 0.29) is 24.8 Å². The van der Waals surface area contributed by atoms with Gasteiger partial charge >= 0.3 is 5.97 Å². The second-order valence-electron chi connectivity index (χ2n) is 10.0. The number of halogens is 1. The molecule has 2 aromatic rings. The average molecular weight is 602 g/mol. The molecule has 2 heterocycles. The van der Waals surface area contributed by atoms with Crippen LogP contribution in [-0.2, 0) is 14.3 Å². The van der Waals surface area contributed by atoms with E-state index in [0.29, 0.717) is 39.4 Å². The van der Waals surface area contributed by atoms with Crippen molar-refractivity contribution in [2.24, 2.45) is 0 Å². The first kappa shape index (κ1) is 30.7. The minimum Gasteiger partial charge on any atom is -0.495 e. The second kappa shape index (κ2) is 14.1. The number of rotatable bonds is 11. The molecule has 0 unspecified atom stereocenters. The fraction of sp³-hybridized carbons (Fsp3) is 0.448. The fourth-order valence-corrected chi connectivity index (χ4v) is 5.61. The Labute approximate surface area is 251 Å². The molecule has 10 nitrogen and oxygen atoms in total. The average Bonchev–Trinajstić information content (AvgIpc) is 3.18. The Hall–Kier alpha value is -3.25. The van der Waals surface area contributed by atoms with E-state index in [2.05, 4.69) is 22.2 Å². The quantitative estimate of drug-likeness (QED) is 0.307. The minimum atomic E-state index is -0.769. The van der Waals surface area contributed by atoms with Gasteiger partial charge in [0.1, 0.15) is 11.8 Å². The lowest BCUT2D eigenvalue weighted by Gasteiger charge is -2.33. The van der Waals surface area contributed by atoms with Crippen LogP contribution in [0.1, 0.15) is 30.1 Å². The monoisotopic (exact) mass is 601 g/mol. The maximum absolute atomic E-state index is 13.7. The first-order valence-electron chi connectivity index (χ1n) is 13.7. The van der Waals surface area contributed by atoms with Crippen LogP contribution in [0.3, 0.4) is 0 Å². The number of nitrogens with zero attached hydrogens (tertiary/aromatic N) is 4. The van der Waals surface area contributed by atoms with Gasteiger partial charge in [0.05, 0.1) is 36.4 Å². The van der Waals surface area contributed by atoms with Crippen LogP contribution >= 0.6 is 23.8 Å². The first-order valence-corrected chi connectivity index (χ1v) is 14.5. The Morgan fingerprint density at radius 2 is 1.78 bits per heavy atom. The molecule has 1 N–H and O–H groups in total. The summed E-state index contributed by atoms with van der Waals surface area (Å²) in [4.78, 5) is 46.8. The van der Waals surface area contributed by atoms with Crippen LogP contribution in [0.5, 0.6) is 5.75 Å². The number of anilines is 2. The van der Waals surface area contributed by atoms with E-state index in [9.17, 15) is 14.4 Å². The molecule has 0 radical (unpaired) electrons. The van der Waals surface area contributed by atoms with Crippen LogP contribution in [-0.4, -0.2) is 104 Å². The van der Waals surface area contributed by atoms with Crippen molar-refractivity contribution in [3.8, 4) is 5.75 Å². The number of thiocarbonyl (C=S) groups is 1. The van der Waals surface area contributed by atoms with E-state index in [0.717, 1.165) is 39.1 Å². The Bertz CT molecular complexity index is 1270. The summed E-state index contributed by atoms with van der Waals surface area (Å²) in [6.07, 6.45) is 0.704. The van der Waals surface area contributed by atoms with Crippen LogP contribution in [0.15, 0.2) is 42.5 Å². The highest BCUT2D eigenvalue weighted by molar-refractivity contribution is 7.80. The van der Waals surface area contributed by atoms with Crippen LogP contribution < -0.4 is 15.0 Å². The Morgan fingerprint density at radius 1 is 1.07 bits per heavy atom. The molecule has 2 aliphatic heterocycles. The standard InChI is InChI=1S/C29H36ClN5O5S/c1-4-40-28(38)20-6-8-21(9-7-20)31-26(36)19-24-27(37)35(22-10-11-25(39-3)23(30)18-22)29(41)34(24)13-5-12-33-16-14-32(2)15-17-33/h6-11,18,24H,4-5,12-17,19H2,1-3H3,(H,31,36)/t24-/m0/s1. The molecule has 0 aliphatic carbocycles. The smallest absolute Gasteiger partial charge is 0.338 e. The zero-order chi connectivity index (χ0) is 29.5. The normalized spacial score (nSPS) is 18.1. The molecule has 2 aromatic carbocycles. The summed E-state index contributed by atoms with van der Waals surface area (Å²) in [6.45, 7) is 7.47. The third kappa shape index (κ3) is 7.53. The number of methoxy groups -OCH3 is 1. The maximum Gasteiger partial charge on any atom is 0.338 e. The van der Waals surface area contributed by atoms with Crippen LogP contribution in [0.25, 0.3) is 0 Å². The van der Waals surface area contributed by atoms with Gasteiger partial charge in [0.25, 0.3) is 5.91 Å². The second-order valence-corrected chi connectivity index (χ2v) is 10.8. The highest BCUT2D eigenvalue weighted by Crippen LogP contribution is 2.33. The lowest BCUT2D eigenvalue weighted by molar-refractivity contribution is -0.124.